The largest absolute Gasteiger partial charge is 0.383 e. The Bertz CT molecular complexity index is 351. The summed E-state index contributed by atoms with van der Waals surface area (Å²) >= 11 is 0. The third-order valence-corrected chi connectivity index (χ3v) is 3.29. The summed E-state index contributed by atoms with van der Waals surface area (Å²) in [4.78, 5) is 3.95. The SMILES string of the molecule is CCC(O)(c1ccc(F)cn1)C(C)(C)CN. The molecule has 0 aliphatic carbocycles. The number of halogens is 1. The molecule has 1 heterocycles. The molecule has 0 fully saturated rings. The smallest absolute Gasteiger partial charge is 0.141 e. The van der Waals surface area contributed by atoms with Crippen LogP contribution in [0.1, 0.15) is 32.9 Å². The number of nitrogens with two attached hydrogens (primary N) is 1. The number of aromatic nitrogens is 1. The lowest BCUT2D eigenvalue weighted by Gasteiger charge is -2.41. The topological polar surface area (TPSA) is 59.1 Å². The van der Waals surface area contributed by atoms with Crippen LogP contribution in [0.4, 0.5) is 4.39 Å². The van der Waals surface area contributed by atoms with Gasteiger partial charge in [-0.3, -0.25) is 4.98 Å². The van der Waals surface area contributed by atoms with Crippen molar-refractivity contribution in [1.82, 2.24) is 4.98 Å². The minimum absolute atomic E-state index is 0.330. The molecule has 3 nitrogen and oxygen atoms in total. The molecule has 16 heavy (non-hydrogen) atoms. The number of nitrogens with zero attached hydrogens (tertiary/aromatic N) is 1. The summed E-state index contributed by atoms with van der Waals surface area (Å²) in [5.74, 6) is -0.409. The fraction of sp³-hybridized carbons (Fsp3) is 0.583. The fourth-order valence-corrected chi connectivity index (χ4v) is 1.80. The van der Waals surface area contributed by atoms with E-state index in [1.165, 1.54) is 12.1 Å². The number of hydrogen-bond acceptors (Lipinski definition) is 3. The Hall–Kier alpha value is -1.00. The average molecular weight is 226 g/mol. The van der Waals surface area contributed by atoms with E-state index in [2.05, 4.69) is 4.98 Å². The highest BCUT2D eigenvalue weighted by Gasteiger charge is 2.43. The molecular formula is C12H19FN2O. The molecule has 3 N–H and O–H groups in total. The van der Waals surface area contributed by atoms with Crippen LogP contribution in [-0.4, -0.2) is 16.6 Å². The third-order valence-electron chi connectivity index (χ3n) is 3.29. The maximum atomic E-state index is 12.8. The molecule has 0 amide bonds. The van der Waals surface area contributed by atoms with E-state index in [9.17, 15) is 9.50 Å². The summed E-state index contributed by atoms with van der Waals surface area (Å²) in [6.07, 6.45) is 1.60. The van der Waals surface area contributed by atoms with Crippen molar-refractivity contribution in [2.75, 3.05) is 6.54 Å². The maximum Gasteiger partial charge on any atom is 0.141 e. The highest BCUT2D eigenvalue weighted by atomic mass is 19.1. The van der Waals surface area contributed by atoms with E-state index in [0.717, 1.165) is 6.20 Å². The van der Waals surface area contributed by atoms with Crippen molar-refractivity contribution in [2.24, 2.45) is 11.1 Å². The summed E-state index contributed by atoms with van der Waals surface area (Å²) in [7, 11) is 0. The Balaban J connectivity index is 3.19. The van der Waals surface area contributed by atoms with Crippen LogP contribution in [0.15, 0.2) is 18.3 Å². The second-order valence-corrected chi connectivity index (χ2v) is 4.66. The molecule has 0 saturated heterocycles. The number of hydrogen-bond donors (Lipinski definition) is 2. The lowest BCUT2D eigenvalue weighted by Crippen LogP contribution is -2.46. The summed E-state index contributed by atoms with van der Waals surface area (Å²) in [6, 6.07) is 2.81. The Morgan fingerprint density at radius 2 is 2.06 bits per heavy atom. The summed E-state index contributed by atoms with van der Waals surface area (Å²) < 4.78 is 12.8. The molecule has 1 unspecified atom stereocenters. The van der Waals surface area contributed by atoms with Gasteiger partial charge >= 0.3 is 0 Å². The van der Waals surface area contributed by atoms with Gasteiger partial charge in [-0.15, -0.1) is 0 Å². The van der Waals surface area contributed by atoms with Gasteiger partial charge in [0.1, 0.15) is 11.4 Å². The van der Waals surface area contributed by atoms with Crippen molar-refractivity contribution in [2.45, 2.75) is 32.8 Å². The predicted octanol–water partition coefficient (Wildman–Crippen LogP) is 1.80. The molecule has 0 saturated carbocycles. The second kappa shape index (κ2) is 4.47. The zero-order valence-corrected chi connectivity index (χ0v) is 10.00. The minimum atomic E-state index is -1.13. The molecule has 0 aliphatic rings. The Labute approximate surface area is 95.5 Å². The van der Waals surface area contributed by atoms with Gasteiger partial charge in [-0.25, -0.2) is 4.39 Å². The second-order valence-electron chi connectivity index (χ2n) is 4.66. The van der Waals surface area contributed by atoms with Crippen molar-refractivity contribution in [3.05, 3.63) is 29.8 Å². The van der Waals surface area contributed by atoms with Crippen LogP contribution in [0.2, 0.25) is 0 Å². The molecule has 0 radical (unpaired) electrons. The minimum Gasteiger partial charge on any atom is -0.383 e. The van der Waals surface area contributed by atoms with Crippen molar-refractivity contribution in [3.8, 4) is 0 Å². The van der Waals surface area contributed by atoms with E-state index in [-0.39, 0.29) is 0 Å². The van der Waals surface area contributed by atoms with E-state index < -0.39 is 16.8 Å². The van der Waals surface area contributed by atoms with Gasteiger partial charge in [-0.05, 0) is 18.6 Å². The maximum absolute atomic E-state index is 12.8. The molecule has 4 heteroatoms. The van der Waals surface area contributed by atoms with Gasteiger partial charge in [-0.1, -0.05) is 20.8 Å². The van der Waals surface area contributed by atoms with Crippen molar-refractivity contribution in [1.29, 1.82) is 0 Å². The van der Waals surface area contributed by atoms with Crippen LogP contribution in [0.25, 0.3) is 0 Å². The van der Waals surface area contributed by atoms with Crippen molar-refractivity contribution in [3.63, 3.8) is 0 Å². The van der Waals surface area contributed by atoms with Gasteiger partial charge in [-0.2, -0.15) is 0 Å². The quantitative estimate of drug-likeness (QED) is 0.823. The van der Waals surface area contributed by atoms with Crippen molar-refractivity contribution < 1.29 is 9.50 Å². The lowest BCUT2D eigenvalue weighted by atomic mass is 9.71. The highest BCUT2D eigenvalue weighted by Crippen LogP contribution is 2.40. The molecule has 0 spiro atoms. The summed E-state index contributed by atoms with van der Waals surface area (Å²) in [5.41, 5.74) is 4.50. The monoisotopic (exact) mass is 226 g/mol. The van der Waals surface area contributed by atoms with E-state index in [1.54, 1.807) is 0 Å². The molecule has 1 atom stereocenters. The zero-order chi connectivity index (χ0) is 12.4. The van der Waals surface area contributed by atoms with Crippen molar-refractivity contribution >= 4 is 0 Å². The molecule has 1 aromatic heterocycles. The molecule has 0 aliphatic heterocycles. The summed E-state index contributed by atoms with van der Waals surface area (Å²) in [6.45, 7) is 5.95. The molecule has 0 bridgehead atoms. The Morgan fingerprint density at radius 3 is 2.44 bits per heavy atom. The normalized spacial score (nSPS) is 15.9. The van der Waals surface area contributed by atoms with Gasteiger partial charge in [0, 0.05) is 12.0 Å². The first-order valence-corrected chi connectivity index (χ1v) is 5.42. The standard InChI is InChI=1S/C12H19FN2O/c1-4-12(16,11(2,3)8-14)10-6-5-9(13)7-15-10/h5-7,16H,4,8,14H2,1-3H3. The zero-order valence-electron chi connectivity index (χ0n) is 10.00. The van der Waals surface area contributed by atoms with E-state index in [4.69, 9.17) is 5.73 Å². The predicted molar refractivity (Wildman–Crippen MR) is 61.2 cm³/mol. The van der Waals surface area contributed by atoms with Crippen LogP contribution < -0.4 is 5.73 Å². The van der Waals surface area contributed by atoms with Gasteiger partial charge < -0.3 is 10.8 Å². The van der Waals surface area contributed by atoms with Crippen LogP contribution in [0, 0.1) is 11.2 Å². The van der Waals surface area contributed by atoms with Gasteiger partial charge in [0.15, 0.2) is 0 Å². The number of aliphatic hydroxyl groups is 1. The van der Waals surface area contributed by atoms with Crippen LogP contribution in [0.5, 0.6) is 0 Å². The first-order chi connectivity index (χ1) is 7.37. The first kappa shape index (κ1) is 13.1. The van der Waals surface area contributed by atoms with Crippen LogP contribution in [-0.2, 0) is 5.60 Å². The molecule has 1 rings (SSSR count). The summed E-state index contributed by atoms with van der Waals surface area (Å²) in [5, 5.41) is 10.6. The Morgan fingerprint density at radius 1 is 1.44 bits per heavy atom. The molecule has 0 aromatic carbocycles. The molecule has 1 aromatic rings. The average Bonchev–Trinajstić information content (AvgIpc) is 2.28. The van der Waals surface area contributed by atoms with Gasteiger partial charge in [0.2, 0.25) is 0 Å². The number of pyridine rings is 1. The number of rotatable bonds is 4. The van der Waals surface area contributed by atoms with Gasteiger partial charge in [0.05, 0.1) is 11.9 Å². The fourth-order valence-electron chi connectivity index (χ4n) is 1.80. The van der Waals surface area contributed by atoms with Crippen LogP contribution >= 0.6 is 0 Å². The van der Waals surface area contributed by atoms with E-state index >= 15 is 0 Å². The molecule has 90 valence electrons. The van der Waals surface area contributed by atoms with E-state index in [1.807, 2.05) is 20.8 Å². The molecular weight excluding hydrogens is 207 g/mol. The van der Waals surface area contributed by atoms with Gasteiger partial charge in [0.25, 0.3) is 0 Å². The van der Waals surface area contributed by atoms with E-state index in [0.29, 0.717) is 18.7 Å². The highest BCUT2D eigenvalue weighted by molar-refractivity contribution is 5.17. The Kier molecular flexibility index (Phi) is 3.65. The first-order valence-electron chi connectivity index (χ1n) is 5.42. The lowest BCUT2D eigenvalue weighted by molar-refractivity contribution is -0.0757. The third kappa shape index (κ3) is 2.08. The van der Waals surface area contributed by atoms with Crippen LogP contribution in [0.3, 0.4) is 0 Å².